The highest BCUT2D eigenvalue weighted by Crippen LogP contribution is 2.26. The summed E-state index contributed by atoms with van der Waals surface area (Å²) in [7, 11) is 0. The molecule has 1 saturated carbocycles. The van der Waals surface area contributed by atoms with Crippen molar-refractivity contribution in [3.05, 3.63) is 54.1 Å². The van der Waals surface area contributed by atoms with Crippen LogP contribution in [0.5, 0.6) is 5.88 Å². The van der Waals surface area contributed by atoms with Crippen molar-refractivity contribution in [3.63, 3.8) is 0 Å². The molecule has 4 rings (SSSR count). The highest BCUT2D eigenvalue weighted by Gasteiger charge is 2.19. The molecule has 31 heavy (non-hydrogen) atoms. The molecular formula is C23H31N7O. The lowest BCUT2D eigenvalue weighted by Gasteiger charge is -2.26. The second kappa shape index (κ2) is 10.2. The fraction of sp³-hybridized carbons (Fsp3) is 0.478. The average molecular weight is 422 g/mol. The number of aromatic nitrogens is 4. The van der Waals surface area contributed by atoms with Crippen LogP contribution in [0.1, 0.15) is 50.9 Å². The van der Waals surface area contributed by atoms with E-state index in [1.165, 1.54) is 12.8 Å². The minimum absolute atomic E-state index is 0.277. The zero-order valence-corrected chi connectivity index (χ0v) is 18.3. The standard InChI is InChI=1S/C23H31N7O/c1-3-24-23(27-16-21-29-28-20-6-4-5-13-30(20)21)26-15-18-11-12-25-22(14-18)31-19-9-7-17(2)8-10-19/h4-6,11-14,17,19H,3,7-10,15-16H2,1-2H3,(H2,24,26,27). The van der Waals surface area contributed by atoms with Crippen molar-refractivity contribution >= 4 is 11.6 Å². The third-order valence-electron chi connectivity index (χ3n) is 5.61. The first-order valence-electron chi connectivity index (χ1n) is 11.1. The van der Waals surface area contributed by atoms with E-state index in [-0.39, 0.29) is 6.10 Å². The van der Waals surface area contributed by atoms with E-state index in [1.807, 2.05) is 47.9 Å². The summed E-state index contributed by atoms with van der Waals surface area (Å²) in [5.74, 6) is 3.07. The van der Waals surface area contributed by atoms with Gasteiger partial charge in [0.1, 0.15) is 6.10 Å². The van der Waals surface area contributed by atoms with Crippen molar-refractivity contribution in [1.29, 1.82) is 0 Å². The Hall–Kier alpha value is -3.16. The maximum Gasteiger partial charge on any atom is 0.213 e. The van der Waals surface area contributed by atoms with Crippen molar-refractivity contribution in [2.45, 2.75) is 58.7 Å². The van der Waals surface area contributed by atoms with E-state index in [0.717, 1.165) is 48.3 Å². The Morgan fingerprint density at radius 3 is 2.87 bits per heavy atom. The number of pyridine rings is 2. The molecule has 0 bridgehead atoms. The predicted molar refractivity (Wildman–Crippen MR) is 121 cm³/mol. The maximum atomic E-state index is 6.13. The van der Waals surface area contributed by atoms with Gasteiger partial charge in [-0.05, 0) is 62.3 Å². The van der Waals surface area contributed by atoms with Gasteiger partial charge < -0.3 is 15.4 Å². The molecular weight excluding hydrogens is 390 g/mol. The van der Waals surface area contributed by atoms with Gasteiger partial charge in [0, 0.05) is 25.0 Å². The molecule has 1 aliphatic rings. The first-order valence-corrected chi connectivity index (χ1v) is 11.1. The van der Waals surface area contributed by atoms with E-state index in [0.29, 0.717) is 19.0 Å². The van der Waals surface area contributed by atoms with Gasteiger partial charge in [-0.3, -0.25) is 4.40 Å². The molecule has 0 radical (unpaired) electrons. The Bertz CT molecular complexity index is 1010. The van der Waals surface area contributed by atoms with Crippen LogP contribution in [0.15, 0.2) is 47.7 Å². The van der Waals surface area contributed by atoms with Crippen LogP contribution in [0, 0.1) is 5.92 Å². The SMILES string of the molecule is CCNC(=NCc1ccnc(OC2CCC(C)CC2)c1)NCc1nnc2ccccn12. The Morgan fingerprint density at radius 2 is 2.03 bits per heavy atom. The second-order valence-corrected chi connectivity index (χ2v) is 8.10. The van der Waals surface area contributed by atoms with Gasteiger partial charge >= 0.3 is 0 Å². The molecule has 0 aromatic carbocycles. The van der Waals surface area contributed by atoms with Gasteiger partial charge in [-0.25, -0.2) is 9.98 Å². The Balaban J connectivity index is 1.36. The molecule has 2 N–H and O–H groups in total. The van der Waals surface area contributed by atoms with Gasteiger partial charge in [0.15, 0.2) is 17.4 Å². The van der Waals surface area contributed by atoms with Crippen LogP contribution in [-0.2, 0) is 13.1 Å². The van der Waals surface area contributed by atoms with Gasteiger partial charge in [0.25, 0.3) is 0 Å². The molecule has 0 unspecified atom stereocenters. The predicted octanol–water partition coefficient (Wildman–Crippen LogP) is 3.34. The lowest BCUT2D eigenvalue weighted by molar-refractivity contribution is 0.130. The molecule has 0 spiro atoms. The molecule has 8 nitrogen and oxygen atoms in total. The minimum Gasteiger partial charge on any atom is -0.474 e. The van der Waals surface area contributed by atoms with E-state index in [2.05, 4.69) is 32.7 Å². The quantitative estimate of drug-likeness (QED) is 0.449. The summed E-state index contributed by atoms with van der Waals surface area (Å²) in [5.41, 5.74) is 1.90. The van der Waals surface area contributed by atoms with E-state index < -0.39 is 0 Å². The van der Waals surface area contributed by atoms with E-state index >= 15 is 0 Å². The minimum atomic E-state index is 0.277. The number of hydrogen-bond acceptors (Lipinski definition) is 5. The van der Waals surface area contributed by atoms with Gasteiger partial charge in [-0.15, -0.1) is 10.2 Å². The van der Waals surface area contributed by atoms with Crippen molar-refractivity contribution in [2.75, 3.05) is 6.54 Å². The molecule has 3 heterocycles. The van der Waals surface area contributed by atoms with Crippen LogP contribution in [-0.4, -0.2) is 38.2 Å². The zero-order chi connectivity index (χ0) is 21.5. The number of nitrogens with zero attached hydrogens (tertiary/aromatic N) is 5. The molecule has 3 aromatic rings. The highest BCUT2D eigenvalue weighted by atomic mass is 16.5. The fourth-order valence-electron chi connectivity index (χ4n) is 3.82. The number of hydrogen-bond donors (Lipinski definition) is 2. The summed E-state index contributed by atoms with van der Waals surface area (Å²) in [6, 6.07) is 9.84. The third-order valence-corrected chi connectivity index (χ3v) is 5.61. The monoisotopic (exact) mass is 421 g/mol. The maximum absolute atomic E-state index is 6.13. The molecule has 1 fully saturated rings. The van der Waals surface area contributed by atoms with Crippen LogP contribution in [0.2, 0.25) is 0 Å². The molecule has 0 amide bonds. The topological polar surface area (TPSA) is 88.7 Å². The summed E-state index contributed by atoms with van der Waals surface area (Å²) >= 11 is 0. The highest BCUT2D eigenvalue weighted by molar-refractivity contribution is 5.79. The Kier molecular flexibility index (Phi) is 6.96. The normalized spacial score (nSPS) is 19.4. The number of ether oxygens (including phenoxy) is 1. The molecule has 8 heteroatoms. The summed E-state index contributed by atoms with van der Waals surface area (Å²) in [6.07, 6.45) is 8.71. The van der Waals surface area contributed by atoms with E-state index in [4.69, 9.17) is 9.73 Å². The summed E-state index contributed by atoms with van der Waals surface area (Å²) in [6.45, 7) is 6.21. The number of aliphatic imine (C=N–C) groups is 1. The molecule has 3 aromatic heterocycles. The molecule has 164 valence electrons. The first-order chi connectivity index (χ1) is 15.2. The first kappa shape index (κ1) is 21.1. The Labute approximate surface area is 183 Å². The zero-order valence-electron chi connectivity index (χ0n) is 18.3. The van der Waals surface area contributed by atoms with Crippen molar-refractivity contribution in [3.8, 4) is 5.88 Å². The number of guanidine groups is 1. The number of fused-ring (bicyclic) bond motifs is 1. The van der Waals surface area contributed by atoms with Crippen LogP contribution in [0.25, 0.3) is 5.65 Å². The van der Waals surface area contributed by atoms with Crippen LogP contribution < -0.4 is 15.4 Å². The van der Waals surface area contributed by atoms with Gasteiger partial charge in [0.2, 0.25) is 5.88 Å². The Morgan fingerprint density at radius 1 is 1.16 bits per heavy atom. The van der Waals surface area contributed by atoms with E-state index in [1.54, 1.807) is 6.20 Å². The fourth-order valence-corrected chi connectivity index (χ4v) is 3.82. The van der Waals surface area contributed by atoms with Crippen LogP contribution >= 0.6 is 0 Å². The van der Waals surface area contributed by atoms with Crippen molar-refractivity contribution in [1.82, 2.24) is 30.2 Å². The van der Waals surface area contributed by atoms with Gasteiger partial charge in [-0.2, -0.15) is 0 Å². The van der Waals surface area contributed by atoms with Crippen LogP contribution in [0.3, 0.4) is 0 Å². The molecule has 1 aliphatic carbocycles. The molecule has 0 aliphatic heterocycles. The number of rotatable bonds is 7. The third kappa shape index (κ3) is 5.71. The van der Waals surface area contributed by atoms with Crippen molar-refractivity contribution < 1.29 is 4.74 Å². The van der Waals surface area contributed by atoms with Gasteiger partial charge in [0.05, 0.1) is 13.1 Å². The average Bonchev–Trinajstić information content (AvgIpc) is 3.21. The van der Waals surface area contributed by atoms with Crippen LogP contribution in [0.4, 0.5) is 0 Å². The largest absolute Gasteiger partial charge is 0.474 e. The van der Waals surface area contributed by atoms with Gasteiger partial charge in [-0.1, -0.05) is 13.0 Å². The summed E-state index contributed by atoms with van der Waals surface area (Å²) in [5, 5.41) is 15.1. The smallest absolute Gasteiger partial charge is 0.213 e. The lowest BCUT2D eigenvalue weighted by atomic mass is 9.89. The summed E-state index contributed by atoms with van der Waals surface area (Å²) < 4.78 is 8.09. The van der Waals surface area contributed by atoms with Crippen molar-refractivity contribution in [2.24, 2.45) is 10.9 Å². The molecule has 0 atom stereocenters. The lowest BCUT2D eigenvalue weighted by Crippen LogP contribution is -2.37. The summed E-state index contributed by atoms with van der Waals surface area (Å²) in [4.78, 5) is 9.11. The van der Waals surface area contributed by atoms with E-state index in [9.17, 15) is 0 Å². The number of nitrogens with one attached hydrogen (secondary N) is 2. The second-order valence-electron chi connectivity index (χ2n) is 8.10. The molecule has 0 saturated heterocycles.